The van der Waals surface area contributed by atoms with Crippen LogP contribution in [0.5, 0.6) is 0 Å². The highest BCUT2D eigenvalue weighted by atomic mass is 16.8. The number of hydrogen-bond acceptors (Lipinski definition) is 3. The van der Waals surface area contributed by atoms with Gasteiger partial charge in [0.15, 0.2) is 5.79 Å². The van der Waals surface area contributed by atoms with Gasteiger partial charge in [0.05, 0.1) is 12.2 Å². The van der Waals surface area contributed by atoms with Gasteiger partial charge in [0.25, 0.3) is 0 Å². The van der Waals surface area contributed by atoms with Gasteiger partial charge < -0.3 is 14.2 Å². The molecule has 16 heavy (non-hydrogen) atoms. The van der Waals surface area contributed by atoms with E-state index in [2.05, 4.69) is 13.8 Å². The molecule has 4 unspecified atom stereocenters. The van der Waals surface area contributed by atoms with Crippen molar-refractivity contribution in [2.45, 2.75) is 71.1 Å². The molecule has 3 heteroatoms. The maximum Gasteiger partial charge on any atom is 0.163 e. The summed E-state index contributed by atoms with van der Waals surface area (Å²) < 4.78 is 17.7. The van der Waals surface area contributed by atoms with Gasteiger partial charge in [-0.2, -0.15) is 0 Å². The van der Waals surface area contributed by atoms with Gasteiger partial charge >= 0.3 is 0 Å². The Kier molecular flexibility index (Phi) is 3.57. The van der Waals surface area contributed by atoms with E-state index in [9.17, 15) is 0 Å². The van der Waals surface area contributed by atoms with Crippen LogP contribution in [-0.2, 0) is 14.2 Å². The highest BCUT2D eigenvalue weighted by Gasteiger charge is 2.47. The molecule has 0 amide bonds. The van der Waals surface area contributed by atoms with Gasteiger partial charge in [0.2, 0.25) is 0 Å². The third-order valence-corrected chi connectivity index (χ3v) is 3.65. The van der Waals surface area contributed by atoms with E-state index in [1.54, 1.807) is 0 Å². The summed E-state index contributed by atoms with van der Waals surface area (Å²) in [5.41, 5.74) is 0. The minimum atomic E-state index is -0.434. The standard InChI is InChI=1S/C13H24O3/c1-5-9(2)8-11-12-10(6-7-14-11)15-13(3,4)16-12/h9-12H,5-8H2,1-4H3. The first-order valence-electron chi connectivity index (χ1n) is 6.49. The molecule has 4 atom stereocenters. The summed E-state index contributed by atoms with van der Waals surface area (Å²) in [5, 5.41) is 0. The molecule has 0 bridgehead atoms. The quantitative estimate of drug-likeness (QED) is 0.743. The molecule has 2 fully saturated rings. The van der Waals surface area contributed by atoms with Gasteiger partial charge in [0, 0.05) is 6.61 Å². The first-order chi connectivity index (χ1) is 7.52. The predicted octanol–water partition coefficient (Wildman–Crippen LogP) is 2.73. The van der Waals surface area contributed by atoms with Crippen LogP contribution in [0.25, 0.3) is 0 Å². The Morgan fingerprint density at radius 1 is 1.31 bits per heavy atom. The Morgan fingerprint density at radius 2 is 2.06 bits per heavy atom. The molecule has 0 N–H and O–H groups in total. The second-order valence-electron chi connectivity index (χ2n) is 5.59. The summed E-state index contributed by atoms with van der Waals surface area (Å²) >= 11 is 0. The molecule has 0 aliphatic carbocycles. The van der Waals surface area contributed by atoms with Crippen molar-refractivity contribution < 1.29 is 14.2 Å². The number of rotatable bonds is 3. The predicted molar refractivity (Wildman–Crippen MR) is 62.3 cm³/mol. The van der Waals surface area contributed by atoms with Gasteiger partial charge in [-0.3, -0.25) is 0 Å². The van der Waals surface area contributed by atoms with Crippen LogP contribution in [0.15, 0.2) is 0 Å². The zero-order chi connectivity index (χ0) is 11.8. The van der Waals surface area contributed by atoms with E-state index in [1.807, 2.05) is 13.8 Å². The van der Waals surface area contributed by atoms with Crippen molar-refractivity contribution in [3.63, 3.8) is 0 Å². The van der Waals surface area contributed by atoms with Crippen molar-refractivity contribution in [1.82, 2.24) is 0 Å². The largest absolute Gasteiger partial charge is 0.375 e. The monoisotopic (exact) mass is 228 g/mol. The molecular formula is C13H24O3. The first-order valence-corrected chi connectivity index (χ1v) is 6.49. The van der Waals surface area contributed by atoms with E-state index in [4.69, 9.17) is 14.2 Å². The fraction of sp³-hybridized carbons (Fsp3) is 1.00. The Balaban J connectivity index is 1.98. The molecule has 94 valence electrons. The van der Waals surface area contributed by atoms with Crippen LogP contribution < -0.4 is 0 Å². The topological polar surface area (TPSA) is 27.7 Å². The van der Waals surface area contributed by atoms with Gasteiger partial charge in [-0.15, -0.1) is 0 Å². The SMILES string of the molecule is CCC(C)CC1OCCC2OC(C)(C)OC12. The molecule has 2 rings (SSSR count). The summed E-state index contributed by atoms with van der Waals surface area (Å²) in [5.74, 6) is 0.257. The molecular weight excluding hydrogens is 204 g/mol. The Morgan fingerprint density at radius 3 is 2.75 bits per heavy atom. The third-order valence-electron chi connectivity index (χ3n) is 3.65. The van der Waals surface area contributed by atoms with Crippen molar-refractivity contribution in [3.05, 3.63) is 0 Å². The smallest absolute Gasteiger partial charge is 0.163 e. The molecule has 2 aliphatic rings. The van der Waals surface area contributed by atoms with Crippen molar-refractivity contribution in [2.75, 3.05) is 6.61 Å². The van der Waals surface area contributed by atoms with Crippen molar-refractivity contribution >= 4 is 0 Å². The first kappa shape index (κ1) is 12.3. The lowest BCUT2D eigenvalue weighted by Crippen LogP contribution is -2.43. The second kappa shape index (κ2) is 4.63. The van der Waals surface area contributed by atoms with Crippen LogP contribution in [0.2, 0.25) is 0 Å². The maximum absolute atomic E-state index is 5.96. The van der Waals surface area contributed by atoms with Crippen molar-refractivity contribution in [2.24, 2.45) is 5.92 Å². The number of hydrogen-bond donors (Lipinski definition) is 0. The molecule has 0 aromatic heterocycles. The lowest BCUT2D eigenvalue weighted by molar-refractivity contribution is -0.155. The highest BCUT2D eigenvalue weighted by molar-refractivity contribution is 4.90. The molecule has 2 heterocycles. The van der Waals surface area contributed by atoms with Gasteiger partial charge in [0.1, 0.15) is 6.10 Å². The average Bonchev–Trinajstić information content (AvgIpc) is 2.53. The van der Waals surface area contributed by atoms with E-state index in [0.29, 0.717) is 5.92 Å². The second-order valence-corrected chi connectivity index (χ2v) is 5.59. The molecule has 0 aromatic carbocycles. The lowest BCUT2D eigenvalue weighted by atomic mass is 9.93. The summed E-state index contributed by atoms with van der Waals surface area (Å²) in [6.07, 6.45) is 3.83. The van der Waals surface area contributed by atoms with Crippen LogP contribution in [0.1, 0.15) is 47.0 Å². The minimum absolute atomic E-state index is 0.137. The normalized spacial score (nSPS) is 39.4. The van der Waals surface area contributed by atoms with Gasteiger partial charge in [-0.25, -0.2) is 0 Å². The molecule has 2 saturated heterocycles. The van der Waals surface area contributed by atoms with Crippen molar-refractivity contribution in [3.8, 4) is 0 Å². The van der Waals surface area contributed by atoms with Crippen LogP contribution in [0, 0.1) is 5.92 Å². The van der Waals surface area contributed by atoms with Crippen LogP contribution in [-0.4, -0.2) is 30.7 Å². The summed E-state index contributed by atoms with van der Waals surface area (Å²) in [7, 11) is 0. The third kappa shape index (κ3) is 2.58. The Labute approximate surface area is 98.4 Å². The highest BCUT2D eigenvalue weighted by Crippen LogP contribution is 2.37. The van der Waals surface area contributed by atoms with Crippen LogP contribution >= 0.6 is 0 Å². The van der Waals surface area contributed by atoms with E-state index in [1.165, 1.54) is 6.42 Å². The van der Waals surface area contributed by atoms with E-state index >= 15 is 0 Å². The number of ether oxygens (including phenoxy) is 3. The van der Waals surface area contributed by atoms with Crippen LogP contribution in [0.4, 0.5) is 0 Å². The Hall–Kier alpha value is -0.120. The van der Waals surface area contributed by atoms with E-state index < -0.39 is 5.79 Å². The molecule has 0 radical (unpaired) electrons. The number of fused-ring (bicyclic) bond motifs is 1. The van der Waals surface area contributed by atoms with Crippen molar-refractivity contribution in [1.29, 1.82) is 0 Å². The molecule has 2 aliphatic heterocycles. The fourth-order valence-corrected chi connectivity index (χ4v) is 2.60. The average molecular weight is 228 g/mol. The Bertz CT molecular complexity index is 239. The fourth-order valence-electron chi connectivity index (χ4n) is 2.60. The lowest BCUT2D eigenvalue weighted by Gasteiger charge is -2.32. The van der Waals surface area contributed by atoms with E-state index in [-0.39, 0.29) is 18.3 Å². The summed E-state index contributed by atoms with van der Waals surface area (Å²) in [6, 6.07) is 0. The van der Waals surface area contributed by atoms with Gasteiger partial charge in [-0.1, -0.05) is 20.3 Å². The minimum Gasteiger partial charge on any atom is -0.375 e. The zero-order valence-corrected chi connectivity index (χ0v) is 10.9. The van der Waals surface area contributed by atoms with Gasteiger partial charge in [-0.05, 0) is 32.6 Å². The summed E-state index contributed by atoms with van der Waals surface area (Å²) in [6.45, 7) is 9.29. The molecule has 3 nitrogen and oxygen atoms in total. The molecule has 0 saturated carbocycles. The molecule has 0 aromatic rings. The maximum atomic E-state index is 5.96. The molecule has 0 spiro atoms. The zero-order valence-electron chi connectivity index (χ0n) is 10.9. The van der Waals surface area contributed by atoms with Crippen LogP contribution in [0.3, 0.4) is 0 Å². The van der Waals surface area contributed by atoms with E-state index in [0.717, 1.165) is 19.4 Å². The summed E-state index contributed by atoms with van der Waals surface area (Å²) in [4.78, 5) is 0.